The summed E-state index contributed by atoms with van der Waals surface area (Å²) in [5, 5.41) is 0.302. The van der Waals surface area contributed by atoms with Crippen LogP contribution in [0.15, 0.2) is 29.3 Å². The molecular weight excluding hydrogens is 292 g/mol. The van der Waals surface area contributed by atoms with Crippen LogP contribution in [0.5, 0.6) is 5.75 Å². The maximum Gasteiger partial charge on any atom is 0.309 e. The van der Waals surface area contributed by atoms with E-state index in [0.29, 0.717) is 17.3 Å². The van der Waals surface area contributed by atoms with Crippen molar-refractivity contribution in [2.45, 2.75) is 32.6 Å². The standard InChI is InChI=1S/C14H18N2O4S/c1-2-3-4-5-8-21(18,19)20-11-6-7-13-12(9-11)14(17)16-10-15-13/h6-7,9-10H,2-5,8H2,1H3,(H,15,16,17). The van der Waals surface area contributed by atoms with Crippen LogP contribution in [0.4, 0.5) is 0 Å². The summed E-state index contributed by atoms with van der Waals surface area (Å²) in [6.45, 7) is 2.06. The van der Waals surface area contributed by atoms with Crippen molar-refractivity contribution >= 4 is 21.0 Å². The van der Waals surface area contributed by atoms with E-state index >= 15 is 0 Å². The summed E-state index contributed by atoms with van der Waals surface area (Å²) >= 11 is 0. The molecule has 0 saturated heterocycles. The van der Waals surface area contributed by atoms with Crippen LogP contribution in [0, 0.1) is 0 Å². The zero-order valence-electron chi connectivity index (χ0n) is 11.8. The molecule has 7 heteroatoms. The largest absolute Gasteiger partial charge is 0.382 e. The van der Waals surface area contributed by atoms with Crippen molar-refractivity contribution in [1.29, 1.82) is 0 Å². The van der Waals surface area contributed by atoms with Crippen LogP contribution in [-0.4, -0.2) is 24.1 Å². The van der Waals surface area contributed by atoms with Crippen LogP contribution in [0.1, 0.15) is 32.6 Å². The van der Waals surface area contributed by atoms with Crippen LogP contribution in [0.2, 0.25) is 0 Å². The third-order valence-electron chi connectivity index (χ3n) is 3.08. The molecule has 0 bridgehead atoms. The highest BCUT2D eigenvalue weighted by Crippen LogP contribution is 2.18. The lowest BCUT2D eigenvalue weighted by Crippen LogP contribution is -2.14. The number of unbranched alkanes of at least 4 members (excludes halogenated alkanes) is 3. The fourth-order valence-electron chi connectivity index (χ4n) is 1.99. The molecule has 0 spiro atoms. The van der Waals surface area contributed by atoms with Gasteiger partial charge in [-0.1, -0.05) is 26.2 Å². The fourth-order valence-corrected chi connectivity index (χ4v) is 3.03. The van der Waals surface area contributed by atoms with Gasteiger partial charge < -0.3 is 9.17 Å². The number of H-pyrrole nitrogens is 1. The van der Waals surface area contributed by atoms with Crippen molar-refractivity contribution in [1.82, 2.24) is 9.97 Å². The Balaban J connectivity index is 2.12. The van der Waals surface area contributed by atoms with Crippen LogP contribution in [-0.2, 0) is 10.1 Å². The number of hydrogen-bond acceptors (Lipinski definition) is 5. The van der Waals surface area contributed by atoms with E-state index in [0.717, 1.165) is 19.3 Å². The van der Waals surface area contributed by atoms with E-state index in [9.17, 15) is 13.2 Å². The number of nitrogens with zero attached hydrogens (tertiary/aromatic N) is 1. The van der Waals surface area contributed by atoms with Crippen molar-refractivity contribution in [2.24, 2.45) is 0 Å². The quantitative estimate of drug-likeness (QED) is 0.625. The average Bonchev–Trinajstić information content (AvgIpc) is 2.44. The topological polar surface area (TPSA) is 89.1 Å². The SMILES string of the molecule is CCCCCCS(=O)(=O)Oc1ccc2nc[nH]c(=O)c2c1. The van der Waals surface area contributed by atoms with Gasteiger partial charge in [0.15, 0.2) is 0 Å². The van der Waals surface area contributed by atoms with E-state index in [1.807, 2.05) is 0 Å². The molecule has 0 amide bonds. The Morgan fingerprint density at radius 3 is 2.81 bits per heavy atom. The molecule has 0 aliphatic carbocycles. The van der Waals surface area contributed by atoms with Gasteiger partial charge in [-0.25, -0.2) is 4.98 Å². The van der Waals surface area contributed by atoms with Gasteiger partial charge in [-0.3, -0.25) is 4.79 Å². The Kier molecular flexibility index (Phi) is 4.95. The first kappa shape index (κ1) is 15.5. The molecule has 1 aromatic carbocycles. The predicted octanol–water partition coefficient (Wildman–Crippen LogP) is 2.21. The average molecular weight is 310 g/mol. The smallest absolute Gasteiger partial charge is 0.309 e. The first-order valence-corrected chi connectivity index (χ1v) is 8.49. The number of hydrogen-bond donors (Lipinski definition) is 1. The lowest BCUT2D eigenvalue weighted by atomic mass is 10.2. The Bertz CT molecular complexity index is 768. The summed E-state index contributed by atoms with van der Waals surface area (Å²) in [5.74, 6) is 0.116. The molecule has 0 aliphatic rings. The van der Waals surface area contributed by atoms with E-state index in [4.69, 9.17) is 4.18 Å². The highest BCUT2D eigenvalue weighted by molar-refractivity contribution is 7.87. The maximum absolute atomic E-state index is 11.9. The van der Waals surface area contributed by atoms with Gasteiger partial charge in [0.1, 0.15) is 5.75 Å². The van der Waals surface area contributed by atoms with Gasteiger partial charge in [-0.2, -0.15) is 8.42 Å². The number of nitrogens with one attached hydrogen (secondary N) is 1. The number of fused-ring (bicyclic) bond motifs is 1. The molecular formula is C14H18N2O4S. The predicted molar refractivity (Wildman–Crippen MR) is 80.9 cm³/mol. The highest BCUT2D eigenvalue weighted by Gasteiger charge is 2.13. The van der Waals surface area contributed by atoms with Gasteiger partial charge in [0.05, 0.1) is 23.0 Å². The van der Waals surface area contributed by atoms with E-state index < -0.39 is 10.1 Å². The molecule has 21 heavy (non-hydrogen) atoms. The molecule has 1 heterocycles. The van der Waals surface area contributed by atoms with Gasteiger partial charge in [0.2, 0.25) is 0 Å². The molecule has 2 aromatic rings. The summed E-state index contributed by atoms with van der Waals surface area (Å²) in [4.78, 5) is 18.1. The van der Waals surface area contributed by atoms with Gasteiger partial charge in [-0.05, 0) is 24.6 Å². The second-order valence-electron chi connectivity index (χ2n) is 4.82. The van der Waals surface area contributed by atoms with Crippen molar-refractivity contribution in [3.63, 3.8) is 0 Å². The normalized spacial score (nSPS) is 11.7. The number of benzene rings is 1. The van der Waals surface area contributed by atoms with Crippen LogP contribution in [0.3, 0.4) is 0 Å². The fraction of sp³-hybridized carbons (Fsp3) is 0.429. The molecule has 2 rings (SSSR count). The Labute approximate surface area is 123 Å². The second-order valence-corrected chi connectivity index (χ2v) is 6.51. The minimum atomic E-state index is -3.63. The highest BCUT2D eigenvalue weighted by atomic mass is 32.2. The number of aromatic nitrogens is 2. The number of rotatable bonds is 7. The zero-order chi connectivity index (χ0) is 15.3. The van der Waals surface area contributed by atoms with Gasteiger partial charge in [-0.15, -0.1) is 0 Å². The summed E-state index contributed by atoms with van der Waals surface area (Å²) in [5.41, 5.74) is 0.164. The molecule has 0 saturated carbocycles. The minimum absolute atomic E-state index is 0.0194. The Morgan fingerprint density at radius 1 is 1.24 bits per heavy atom. The van der Waals surface area contributed by atoms with Gasteiger partial charge in [0.25, 0.3) is 5.56 Å². The van der Waals surface area contributed by atoms with E-state index in [1.165, 1.54) is 18.5 Å². The Hall–Kier alpha value is -1.89. The number of aromatic amines is 1. The first-order valence-electron chi connectivity index (χ1n) is 6.91. The molecule has 0 unspecified atom stereocenters. The summed E-state index contributed by atoms with van der Waals surface area (Å²) in [7, 11) is -3.63. The van der Waals surface area contributed by atoms with Crippen LogP contribution < -0.4 is 9.74 Å². The van der Waals surface area contributed by atoms with Gasteiger partial charge >= 0.3 is 10.1 Å². The molecule has 6 nitrogen and oxygen atoms in total. The van der Waals surface area contributed by atoms with Crippen molar-refractivity contribution in [2.75, 3.05) is 5.75 Å². The van der Waals surface area contributed by atoms with Crippen molar-refractivity contribution in [3.8, 4) is 5.75 Å². The monoisotopic (exact) mass is 310 g/mol. The van der Waals surface area contributed by atoms with E-state index in [1.54, 1.807) is 6.07 Å². The van der Waals surface area contributed by atoms with Crippen LogP contribution >= 0.6 is 0 Å². The van der Waals surface area contributed by atoms with Gasteiger partial charge in [0, 0.05) is 0 Å². The minimum Gasteiger partial charge on any atom is -0.382 e. The second kappa shape index (κ2) is 6.71. The molecule has 0 atom stereocenters. The maximum atomic E-state index is 11.9. The summed E-state index contributed by atoms with van der Waals surface area (Å²) < 4.78 is 28.8. The van der Waals surface area contributed by atoms with E-state index in [-0.39, 0.29) is 17.1 Å². The zero-order valence-corrected chi connectivity index (χ0v) is 12.6. The molecule has 0 aliphatic heterocycles. The molecule has 114 valence electrons. The van der Waals surface area contributed by atoms with Crippen LogP contribution in [0.25, 0.3) is 10.9 Å². The van der Waals surface area contributed by atoms with E-state index in [2.05, 4.69) is 16.9 Å². The molecule has 0 fully saturated rings. The third-order valence-corrected chi connectivity index (χ3v) is 4.32. The molecule has 1 aromatic heterocycles. The van der Waals surface area contributed by atoms with Crippen molar-refractivity contribution in [3.05, 3.63) is 34.9 Å². The lowest BCUT2D eigenvalue weighted by Gasteiger charge is -2.07. The lowest BCUT2D eigenvalue weighted by molar-refractivity contribution is 0.482. The molecule has 0 radical (unpaired) electrons. The third kappa shape index (κ3) is 4.29. The Morgan fingerprint density at radius 2 is 2.05 bits per heavy atom. The summed E-state index contributed by atoms with van der Waals surface area (Å²) in [6.07, 6.45) is 4.79. The first-order chi connectivity index (χ1) is 10.0. The summed E-state index contributed by atoms with van der Waals surface area (Å²) in [6, 6.07) is 4.45. The van der Waals surface area contributed by atoms with Crippen molar-refractivity contribution < 1.29 is 12.6 Å². The molecule has 1 N–H and O–H groups in total.